The van der Waals surface area contributed by atoms with E-state index in [2.05, 4.69) is 5.32 Å². The first-order valence-corrected chi connectivity index (χ1v) is 8.28. The van der Waals surface area contributed by atoms with Crippen molar-refractivity contribution in [3.63, 3.8) is 0 Å². The highest BCUT2D eigenvalue weighted by atomic mass is 35.5. The molecule has 3 rings (SSSR count). The van der Waals surface area contributed by atoms with Crippen molar-refractivity contribution in [3.05, 3.63) is 34.5 Å². The van der Waals surface area contributed by atoms with Crippen LogP contribution in [0.15, 0.2) is 22.6 Å². The Bertz CT molecular complexity index is 764. The molecule has 2 N–H and O–H groups in total. The van der Waals surface area contributed by atoms with E-state index >= 15 is 0 Å². The fourth-order valence-electron chi connectivity index (χ4n) is 2.57. The molecular formula is C15H14ClNO4S. The Morgan fingerprint density at radius 2 is 2.23 bits per heavy atom. The molecule has 1 aromatic carbocycles. The van der Waals surface area contributed by atoms with Crippen LogP contribution in [0, 0.1) is 6.92 Å². The van der Waals surface area contributed by atoms with Crippen LogP contribution in [0.2, 0.25) is 5.02 Å². The number of fused-ring (bicyclic) bond motifs is 1. The molecule has 1 amide bonds. The Morgan fingerprint density at radius 1 is 1.45 bits per heavy atom. The van der Waals surface area contributed by atoms with Gasteiger partial charge in [0.1, 0.15) is 11.1 Å². The second-order valence-corrected chi connectivity index (χ2v) is 6.88. The zero-order valence-electron chi connectivity index (χ0n) is 11.8. The Morgan fingerprint density at radius 3 is 2.86 bits per heavy atom. The quantitative estimate of drug-likeness (QED) is 0.898. The van der Waals surface area contributed by atoms with Crippen LogP contribution in [0.5, 0.6) is 0 Å². The fraction of sp³-hybridized carbons (Fsp3) is 0.333. The summed E-state index contributed by atoms with van der Waals surface area (Å²) in [7, 11) is 0. The number of hydrogen-bond donors (Lipinski definition) is 2. The van der Waals surface area contributed by atoms with Gasteiger partial charge in [0.05, 0.1) is 0 Å². The zero-order chi connectivity index (χ0) is 15.9. The number of nitrogens with one attached hydrogen (secondary N) is 1. The average Bonchev–Trinajstić information content (AvgIpc) is 3.06. The van der Waals surface area contributed by atoms with Gasteiger partial charge in [0, 0.05) is 21.7 Å². The average molecular weight is 340 g/mol. The minimum absolute atomic E-state index is 0.134. The molecule has 116 valence electrons. The lowest BCUT2D eigenvalue weighted by Crippen LogP contribution is -2.54. The molecule has 7 heteroatoms. The largest absolute Gasteiger partial charge is 0.479 e. The van der Waals surface area contributed by atoms with Gasteiger partial charge in [-0.05, 0) is 37.3 Å². The molecule has 1 aromatic heterocycles. The summed E-state index contributed by atoms with van der Waals surface area (Å²) in [5.41, 5.74) is -0.0106. The lowest BCUT2D eigenvalue weighted by Gasteiger charge is -2.24. The summed E-state index contributed by atoms with van der Waals surface area (Å²) in [6, 6.07) is 5.10. The highest BCUT2D eigenvalue weighted by molar-refractivity contribution is 7.99. The van der Waals surface area contributed by atoms with Gasteiger partial charge in [-0.15, -0.1) is 0 Å². The molecule has 1 atom stereocenters. The number of aliphatic carboxylic acids is 1. The molecule has 1 fully saturated rings. The second kappa shape index (κ2) is 5.52. The summed E-state index contributed by atoms with van der Waals surface area (Å²) in [6.45, 7) is 1.76. The minimum Gasteiger partial charge on any atom is -0.479 e. The number of amides is 1. The second-order valence-electron chi connectivity index (χ2n) is 5.34. The van der Waals surface area contributed by atoms with Crippen LogP contribution in [-0.4, -0.2) is 34.0 Å². The van der Waals surface area contributed by atoms with E-state index in [1.807, 2.05) is 0 Å². The van der Waals surface area contributed by atoms with Gasteiger partial charge >= 0.3 is 5.97 Å². The molecule has 22 heavy (non-hydrogen) atoms. The molecule has 0 saturated carbocycles. The smallest absolute Gasteiger partial charge is 0.330 e. The van der Waals surface area contributed by atoms with Crippen LogP contribution in [-0.2, 0) is 4.79 Å². The summed E-state index contributed by atoms with van der Waals surface area (Å²) >= 11 is 7.47. The monoisotopic (exact) mass is 339 g/mol. The molecule has 1 saturated heterocycles. The number of halogens is 1. The van der Waals surface area contributed by atoms with Crippen LogP contribution in [0.1, 0.15) is 22.5 Å². The lowest BCUT2D eigenvalue weighted by molar-refractivity contribution is -0.143. The SMILES string of the molecule is Cc1c(C(=O)NC2(C(=O)O)CCSC2)oc2ccc(Cl)cc12. The Labute approximate surface area is 136 Å². The molecule has 5 nitrogen and oxygen atoms in total. The summed E-state index contributed by atoms with van der Waals surface area (Å²) in [6.07, 6.45) is 0.407. The van der Waals surface area contributed by atoms with Gasteiger partial charge in [0.2, 0.25) is 0 Å². The van der Waals surface area contributed by atoms with Crippen LogP contribution in [0.3, 0.4) is 0 Å². The molecule has 0 radical (unpaired) electrons. The zero-order valence-corrected chi connectivity index (χ0v) is 13.4. The van der Waals surface area contributed by atoms with Gasteiger partial charge in [-0.2, -0.15) is 11.8 Å². The van der Waals surface area contributed by atoms with E-state index in [1.165, 1.54) is 11.8 Å². The first-order valence-electron chi connectivity index (χ1n) is 6.75. The minimum atomic E-state index is -1.22. The van der Waals surface area contributed by atoms with E-state index in [0.717, 1.165) is 5.39 Å². The van der Waals surface area contributed by atoms with Gasteiger partial charge in [-0.1, -0.05) is 11.6 Å². The summed E-state index contributed by atoms with van der Waals surface area (Å²) < 4.78 is 5.58. The molecule has 1 aliphatic rings. The first-order chi connectivity index (χ1) is 10.4. The standard InChI is InChI=1S/C15H14ClNO4S/c1-8-10-6-9(16)2-3-11(10)21-12(8)13(18)17-15(14(19)20)4-5-22-7-15/h2-3,6H,4-5,7H2,1H3,(H,17,18)(H,19,20). The third-order valence-corrected chi connectivity index (χ3v) is 5.31. The number of carboxylic acids is 1. The molecular weight excluding hydrogens is 326 g/mol. The van der Waals surface area contributed by atoms with Crippen LogP contribution >= 0.6 is 23.4 Å². The number of rotatable bonds is 3. The molecule has 2 aromatic rings. The van der Waals surface area contributed by atoms with E-state index in [0.29, 0.717) is 34.1 Å². The normalized spacial score (nSPS) is 21.2. The van der Waals surface area contributed by atoms with E-state index in [9.17, 15) is 14.7 Å². The van der Waals surface area contributed by atoms with Gasteiger partial charge in [-0.3, -0.25) is 4.79 Å². The van der Waals surface area contributed by atoms with Crippen molar-refractivity contribution in [1.29, 1.82) is 0 Å². The molecule has 0 bridgehead atoms. The number of carbonyl (C=O) groups excluding carboxylic acids is 1. The maximum Gasteiger partial charge on any atom is 0.330 e. The molecule has 0 aliphatic carbocycles. The molecule has 2 heterocycles. The van der Waals surface area contributed by atoms with Crippen molar-refractivity contribution in [2.75, 3.05) is 11.5 Å². The number of benzene rings is 1. The van der Waals surface area contributed by atoms with Gasteiger partial charge in [0.15, 0.2) is 5.76 Å². The third-order valence-electron chi connectivity index (χ3n) is 3.89. The number of carboxylic acid groups (broad SMARTS) is 1. The van der Waals surface area contributed by atoms with E-state index in [4.69, 9.17) is 16.0 Å². The van der Waals surface area contributed by atoms with Gasteiger partial charge in [0.25, 0.3) is 5.91 Å². The van der Waals surface area contributed by atoms with Gasteiger partial charge < -0.3 is 14.8 Å². The Hall–Kier alpha value is -1.66. The summed E-state index contributed by atoms with van der Waals surface area (Å²) in [5.74, 6) is -0.312. The van der Waals surface area contributed by atoms with Crippen molar-refractivity contribution >= 4 is 46.2 Å². The third kappa shape index (κ3) is 2.46. The lowest BCUT2D eigenvalue weighted by atomic mass is 9.99. The van der Waals surface area contributed by atoms with Gasteiger partial charge in [-0.25, -0.2) is 4.79 Å². The summed E-state index contributed by atoms with van der Waals surface area (Å²) in [5, 5.41) is 13.4. The highest BCUT2D eigenvalue weighted by Gasteiger charge is 2.44. The van der Waals surface area contributed by atoms with E-state index in [-0.39, 0.29) is 5.76 Å². The maximum absolute atomic E-state index is 12.5. The van der Waals surface area contributed by atoms with Crippen molar-refractivity contribution in [1.82, 2.24) is 5.32 Å². The topological polar surface area (TPSA) is 79.5 Å². The van der Waals surface area contributed by atoms with Crippen molar-refractivity contribution in [3.8, 4) is 0 Å². The first kappa shape index (κ1) is 15.2. The number of thioether (sulfide) groups is 1. The van der Waals surface area contributed by atoms with E-state index in [1.54, 1.807) is 25.1 Å². The summed E-state index contributed by atoms with van der Waals surface area (Å²) in [4.78, 5) is 24.0. The van der Waals surface area contributed by atoms with Crippen molar-refractivity contribution in [2.24, 2.45) is 0 Å². The highest BCUT2D eigenvalue weighted by Crippen LogP contribution is 2.31. The van der Waals surface area contributed by atoms with Crippen LogP contribution in [0.4, 0.5) is 0 Å². The predicted molar refractivity (Wildman–Crippen MR) is 85.7 cm³/mol. The molecule has 0 spiro atoms. The number of furan rings is 1. The fourth-order valence-corrected chi connectivity index (χ4v) is 4.07. The maximum atomic E-state index is 12.5. The van der Waals surface area contributed by atoms with Crippen molar-refractivity contribution < 1.29 is 19.1 Å². The predicted octanol–water partition coefficient (Wildman–Crippen LogP) is 3.08. The number of carbonyl (C=O) groups is 2. The number of hydrogen-bond acceptors (Lipinski definition) is 4. The molecule has 1 aliphatic heterocycles. The van der Waals surface area contributed by atoms with Crippen LogP contribution in [0.25, 0.3) is 11.0 Å². The number of aryl methyl sites for hydroxylation is 1. The van der Waals surface area contributed by atoms with Crippen molar-refractivity contribution in [2.45, 2.75) is 18.9 Å². The Balaban J connectivity index is 1.95. The van der Waals surface area contributed by atoms with Crippen LogP contribution < -0.4 is 5.32 Å². The van der Waals surface area contributed by atoms with E-state index < -0.39 is 17.4 Å². The molecule has 1 unspecified atom stereocenters. The Kier molecular flexibility index (Phi) is 3.82.